The molecule has 4 nitrogen and oxygen atoms in total. The third-order valence-electron chi connectivity index (χ3n) is 2.61. The summed E-state index contributed by atoms with van der Waals surface area (Å²) in [6, 6.07) is 5.09. The van der Waals surface area contributed by atoms with Crippen LogP contribution < -0.4 is 10.1 Å². The molecular formula is C14H20ClNO3. The summed E-state index contributed by atoms with van der Waals surface area (Å²) in [5, 5.41) is 12.3. The molecule has 1 aromatic carbocycles. The first-order valence-corrected chi connectivity index (χ1v) is 6.70. The van der Waals surface area contributed by atoms with Gasteiger partial charge in [-0.05, 0) is 18.4 Å². The van der Waals surface area contributed by atoms with Crippen LogP contribution in [-0.2, 0) is 11.4 Å². The molecule has 0 aliphatic heterocycles. The van der Waals surface area contributed by atoms with Crippen molar-refractivity contribution in [2.45, 2.75) is 26.9 Å². The summed E-state index contributed by atoms with van der Waals surface area (Å²) in [4.78, 5) is 11.6. The third-order valence-corrected chi connectivity index (χ3v) is 2.91. The van der Waals surface area contributed by atoms with Crippen LogP contribution in [0.4, 0.5) is 0 Å². The van der Waals surface area contributed by atoms with E-state index in [-0.39, 0.29) is 19.1 Å². The van der Waals surface area contributed by atoms with Crippen LogP contribution in [0.25, 0.3) is 0 Å². The van der Waals surface area contributed by atoms with Gasteiger partial charge in [0.1, 0.15) is 5.75 Å². The van der Waals surface area contributed by atoms with E-state index in [1.165, 1.54) is 0 Å². The first-order chi connectivity index (χ1) is 9.04. The molecule has 0 aromatic heterocycles. The van der Waals surface area contributed by atoms with Crippen molar-refractivity contribution in [3.63, 3.8) is 0 Å². The van der Waals surface area contributed by atoms with Gasteiger partial charge in [-0.25, -0.2) is 0 Å². The minimum absolute atomic E-state index is 0.102. The quantitative estimate of drug-likeness (QED) is 0.809. The molecule has 5 heteroatoms. The number of hydrogen-bond donors (Lipinski definition) is 2. The van der Waals surface area contributed by atoms with E-state index in [4.69, 9.17) is 16.3 Å². The number of halogens is 1. The van der Waals surface area contributed by atoms with Crippen molar-refractivity contribution in [2.75, 3.05) is 13.2 Å². The maximum Gasteiger partial charge on any atom is 0.257 e. The molecule has 1 amide bonds. The topological polar surface area (TPSA) is 58.6 Å². The Hall–Kier alpha value is -1.26. The zero-order valence-electron chi connectivity index (χ0n) is 11.3. The van der Waals surface area contributed by atoms with E-state index in [1.54, 1.807) is 18.2 Å². The summed E-state index contributed by atoms with van der Waals surface area (Å²) in [5.41, 5.74) is 0.572. The van der Waals surface area contributed by atoms with E-state index in [0.29, 0.717) is 28.8 Å². The lowest BCUT2D eigenvalue weighted by Gasteiger charge is -2.12. The highest BCUT2D eigenvalue weighted by Gasteiger charge is 2.10. The fourth-order valence-electron chi connectivity index (χ4n) is 1.53. The van der Waals surface area contributed by atoms with Gasteiger partial charge < -0.3 is 15.2 Å². The number of ether oxygens (including phenoxy) is 1. The molecule has 1 aromatic rings. The Morgan fingerprint density at radius 3 is 2.84 bits per heavy atom. The Labute approximate surface area is 118 Å². The number of carbonyl (C=O) groups excluding carboxylic acids is 1. The number of amides is 1. The SMILES string of the molecule is CC(C)CCNC(=O)COc1c(Cl)cccc1CO. The minimum atomic E-state index is -0.190. The smallest absolute Gasteiger partial charge is 0.257 e. The van der Waals surface area contributed by atoms with Crippen molar-refractivity contribution in [3.05, 3.63) is 28.8 Å². The number of rotatable bonds is 7. The van der Waals surface area contributed by atoms with Gasteiger partial charge in [-0.1, -0.05) is 37.6 Å². The van der Waals surface area contributed by atoms with Crippen LogP contribution in [0.3, 0.4) is 0 Å². The predicted octanol–water partition coefficient (Wildman–Crippen LogP) is 2.37. The van der Waals surface area contributed by atoms with E-state index in [2.05, 4.69) is 19.2 Å². The second kappa shape index (κ2) is 8.02. The molecule has 0 fully saturated rings. The van der Waals surface area contributed by atoms with Crippen LogP contribution in [0.15, 0.2) is 18.2 Å². The van der Waals surface area contributed by atoms with Gasteiger partial charge >= 0.3 is 0 Å². The molecule has 0 atom stereocenters. The summed E-state index contributed by atoms with van der Waals surface area (Å²) in [7, 11) is 0. The summed E-state index contributed by atoms with van der Waals surface area (Å²) in [5.74, 6) is 0.723. The number of aliphatic hydroxyl groups is 1. The standard InChI is InChI=1S/C14H20ClNO3/c1-10(2)6-7-16-13(18)9-19-14-11(8-17)4-3-5-12(14)15/h3-5,10,17H,6-9H2,1-2H3,(H,16,18). The lowest BCUT2D eigenvalue weighted by atomic mass is 10.1. The van der Waals surface area contributed by atoms with Gasteiger partial charge in [0.15, 0.2) is 6.61 Å². The maximum absolute atomic E-state index is 11.6. The largest absolute Gasteiger partial charge is 0.482 e. The van der Waals surface area contributed by atoms with Crippen molar-refractivity contribution >= 4 is 17.5 Å². The van der Waals surface area contributed by atoms with Crippen LogP contribution in [0.1, 0.15) is 25.8 Å². The number of nitrogens with one attached hydrogen (secondary N) is 1. The number of para-hydroxylation sites is 1. The monoisotopic (exact) mass is 285 g/mol. The Morgan fingerprint density at radius 2 is 2.21 bits per heavy atom. The van der Waals surface area contributed by atoms with Crippen molar-refractivity contribution < 1.29 is 14.6 Å². The summed E-state index contributed by atoms with van der Waals surface area (Å²) in [6.45, 7) is 4.55. The first-order valence-electron chi connectivity index (χ1n) is 6.32. The number of aliphatic hydroxyl groups excluding tert-OH is 1. The molecule has 0 saturated carbocycles. The summed E-state index contributed by atoms with van der Waals surface area (Å²) in [6.07, 6.45) is 0.930. The molecule has 0 bridgehead atoms. The van der Waals surface area contributed by atoms with Crippen LogP contribution in [0.5, 0.6) is 5.75 Å². The Balaban J connectivity index is 2.46. The molecule has 0 saturated heterocycles. The molecule has 0 radical (unpaired) electrons. The predicted molar refractivity (Wildman–Crippen MR) is 75.3 cm³/mol. The van der Waals surface area contributed by atoms with Crippen LogP contribution >= 0.6 is 11.6 Å². The van der Waals surface area contributed by atoms with Gasteiger partial charge in [-0.15, -0.1) is 0 Å². The second-order valence-corrected chi connectivity index (χ2v) is 5.11. The minimum Gasteiger partial charge on any atom is -0.482 e. The highest BCUT2D eigenvalue weighted by atomic mass is 35.5. The Bertz CT molecular complexity index is 421. The maximum atomic E-state index is 11.6. The zero-order chi connectivity index (χ0) is 14.3. The van der Waals surface area contributed by atoms with Crippen molar-refractivity contribution in [1.29, 1.82) is 0 Å². The third kappa shape index (κ3) is 5.49. The van der Waals surface area contributed by atoms with Crippen molar-refractivity contribution in [3.8, 4) is 5.75 Å². The van der Waals surface area contributed by atoms with Gasteiger partial charge in [0.25, 0.3) is 5.91 Å². The zero-order valence-corrected chi connectivity index (χ0v) is 12.0. The first kappa shape index (κ1) is 15.8. The van der Waals surface area contributed by atoms with Crippen molar-refractivity contribution in [1.82, 2.24) is 5.32 Å². The highest BCUT2D eigenvalue weighted by molar-refractivity contribution is 6.32. The van der Waals surface area contributed by atoms with Gasteiger partial charge in [0, 0.05) is 12.1 Å². The average molecular weight is 286 g/mol. The van der Waals surface area contributed by atoms with E-state index in [9.17, 15) is 9.90 Å². The van der Waals surface area contributed by atoms with E-state index in [0.717, 1.165) is 6.42 Å². The lowest BCUT2D eigenvalue weighted by Crippen LogP contribution is -2.30. The Morgan fingerprint density at radius 1 is 1.47 bits per heavy atom. The van der Waals surface area contributed by atoms with Crippen LogP contribution in [0.2, 0.25) is 5.02 Å². The summed E-state index contributed by atoms with van der Waals surface area (Å²) < 4.78 is 5.37. The van der Waals surface area contributed by atoms with E-state index < -0.39 is 0 Å². The Kier molecular flexibility index (Phi) is 6.67. The molecule has 0 aliphatic carbocycles. The molecule has 106 valence electrons. The van der Waals surface area contributed by atoms with Crippen molar-refractivity contribution in [2.24, 2.45) is 5.92 Å². The number of hydrogen-bond acceptors (Lipinski definition) is 3. The van der Waals surface area contributed by atoms with Crippen LogP contribution in [-0.4, -0.2) is 24.2 Å². The van der Waals surface area contributed by atoms with Gasteiger partial charge in [0.2, 0.25) is 0 Å². The van der Waals surface area contributed by atoms with Gasteiger partial charge in [-0.3, -0.25) is 4.79 Å². The average Bonchev–Trinajstić information content (AvgIpc) is 2.36. The fraction of sp³-hybridized carbons (Fsp3) is 0.500. The van der Waals surface area contributed by atoms with E-state index >= 15 is 0 Å². The fourth-order valence-corrected chi connectivity index (χ4v) is 1.78. The molecule has 0 unspecified atom stereocenters. The molecule has 1 rings (SSSR count). The van der Waals surface area contributed by atoms with Gasteiger partial charge in [-0.2, -0.15) is 0 Å². The molecular weight excluding hydrogens is 266 g/mol. The second-order valence-electron chi connectivity index (χ2n) is 4.71. The number of carbonyl (C=O) groups is 1. The molecule has 0 aliphatic rings. The molecule has 19 heavy (non-hydrogen) atoms. The van der Waals surface area contributed by atoms with Crippen LogP contribution in [0, 0.1) is 5.92 Å². The van der Waals surface area contributed by atoms with E-state index in [1.807, 2.05) is 0 Å². The normalized spacial score (nSPS) is 10.6. The molecule has 0 spiro atoms. The lowest BCUT2D eigenvalue weighted by molar-refractivity contribution is -0.123. The van der Waals surface area contributed by atoms with Gasteiger partial charge in [0.05, 0.1) is 11.6 Å². The summed E-state index contributed by atoms with van der Waals surface area (Å²) >= 11 is 5.97. The molecule has 2 N–H and O–H groups in total. The molecule has 0 heterocycles. The number of benzene rings is 1. The highest BCUT2D eigenvalue weighted by Crippen LogP contribution is 2.28.